The average Bonchev–Trinajstić information content (AvgIpc) is 2.35. The highest BCUT2D eigenvalue weighted by atomic mass is 13.9. The van der Waals surface area contributed by atoms with E-state index in [-0.39, 0.29) is 0 Å². The molecule has 0 aliphatic rings. The molecule has 0 unspecified atom stereocenters. The maximum atomic E-state index is 3.86. The van der Waals surface area contributed by atoms with Crippen LogP contribution >= 0.6 is 0 Å². The van der Waals surface area contributed by atoms with Crippen molar-refractivity contribution in [1.82, 2.24) is 0 Å². The van der Waals surface area contributed by atoms with Gasteiger partial charge in [-0.2, -0.15) is 0 Å². The number of rotatable bonds is 12. The van der Waals surface area contributed by atoms with Crippen molar-refractivity contribution < 1.29 is 0 Å². The Labute approximate surface area is 109 Å². The second-order valence-electron chi connectivity index (χ2n) is 4.76. The minimum atomic E-state index is 1.09. The van der Waals surface area contributed by atoms with Gasteiger partial charge in [0.2, 0.25) is 0 Å². The molecule has 0 heterocycles. The van der Waals surface area contributed by atoms with Crippen molar-refractivity contribution in [3.8, 4) is 0 Å². The standard InChI is InChI=1S/C17H31/c1-3-5-7-9-11-13-15-17-16-14-12-10-8-6-4-2/h14-17H,1,3-13H2,2H3/b16-14+,17-15+. The van der Waals surface area contributed by atoms with E-state index < -0.39 is 0 Å². The molecule has 0 heteroatoms. The lowest BCUT2D eigenvalue weighted by atomic mass is 10.1. The van der Waals surface area contributed by atoms with Crippen LogP contribution < -0.4 is 0 Å². The predicted octanol–water partition coefficient (Wildman–Crippen LogP) is 6.24. The quantitative estimate of drug-likeness (QED) is 0.277. The molecule has 1 radical (unpaired) electrons. The molecular weight excluding hydrogens is 204 g/mol. The molecule has 0 aromatic rings. The highest BCUT2D eigenvalue weighted by Gasteiger charge is 1.86. The van der Waals surface area contributed by atoms with Crippen molar-refractivity contribution in [3.05, 3.63) is 31.2 Å². The molecular formula is C17H31. The van der Waals surface area contributed by atoms with Crippen LogP contribution in [-0.4, -0.2) is 0 Å². The van der Waals surface area contributed by atoms with Crippen molar-refractivity contribution >= 4 is 0 Å². The molecule has 0 atom stereocenters. The summed E-state index contributed by atoms with van der Waals surface area (Å²) in [5.41, 5.74) is 0. The zero-order valence-electron chi connectivity index (χ0n) is 11.8. The summed E-state index contributed by atoms with van der Waals surface area (Å²) in [6.07, 6.45) is 23.4. The highest BCUT2D eigenvalue weighted by Crippen LogP contribution is 2.05. The predicted molar refractivity (Wildman–Crippen MR) is 80.1 cm³/mol. The zero-order chi connectivity index (χ0) is 12.6. The molecule has 17 heavy (non-hydrogen) atoms. The lowest BCUT2D eigenvalue weighted by molar-refractivity contribution is 0.651. The topological polar surface area (TPSA) is 0 Å². The summed E-state index contributed by atoms with van der Waals surface area (Å²) in [7, 11) is 0. The van der Waals surface area contributed by atoms with Crippen LogP contribution in [-0.2, 0) is 0 Å². The Morgan fingerprint density at radius 3 is 1.76 bits per heavy atom. The third-order valence-electron chi connectivity index (χ3n) is 2.98. The van der Waals surface area contributed by atoms with Gasteiger partial charge in [-0.15, -0.1) is 0 Å². The van der Waals surface area contributed by atoms with Gasteiger partial charge in [0.15, 0.2) is 0 Å². The van der Waals surface area contributed by atoms with Crippen molar-refractivity contribution in [3.63, 3.8) is 0 Å². The van der Waals surface area contributed by atoms with Gasteiger partial charge in [0.25, 0.3) is 0 Å². The van der Waals surface area contributed by atoms with Crippen molar-refractivity contribution in [2.45, 2.75) is 77.6 Å². The summed E-state index contributed by atoms with van der Waals surface area (Å²) < 4.78 is 0. The first-order valence-electron chi connectivity index (χ1n) is 7.52. The van der Waals surface area contributed by atoms with Gasteiger partial charge in [0, 0.05) is 0 Å². The number of hydrogen-bond donors (Lipinski definition) is 0. The van der Waals surface area contributed by atoms with Crippen molar-refractivity contribution in [1.29, 1.82) is 0 Å². The molecule has 0 aliphatic heterocycles. The van der Waals surface area contributed by atoms with E-state index in [2.05, 4.69) is 38.2 Å². The first-order valence-corrected chi connectivity index (χ1v) is 7.52. The average molecular weight is 235 g/mol. The fourth-order valence-corrected chi connectivity index (χ4v) is 1.83. The SMILES string of the molecule is [CH2]CCCCCC/C=C/C=C/CCCCCC. The van der Waals surface area contributed by atoms with Crippen molar-refractivity contribution in [2.75, 3.05) is 0 Å². The van der Waals surface area contributed by atoms with Crippen LogP contribution in [0.4, 0.5) is 0 Å². The van der Waals surface area contributed by atoms with Gasteiger partial charge >= 0.3 is 0 Å². The fraction of sp³-hybridized carbons (Fsp3) is 0.706. The Kier molecular flexibility index (Phi) is 15.0. The van der Waals surface area contributed by atoms with E-state index in [0.29, 0.717) is 0 Å². The van der Waals surface area contributed by atoms with Gasteiger partial charge in [-0.1, -0.05) is 83.1 Å². The van der Waals surface area contributed by atoms with E-state index in [1.165, 1.54) is 64.2 Å². The summed E-state index contributed by atoms with van der Waals surface area (Å²) in [6.45, 7) is 6.12. The molecule has 0 saturated carbocycles. The molecule has 0 saturated heterocycles. The summed E-state index contributed by atoms with van der Waals surface area (Å²) in [5, 5.41) is 0. The van der Waals surface area contributed by atoms with Crippen LogP contribution in [0, 0.1) is 6.92 Å². The van der Waals surface area contributed by atoms with Crippen LogP contribution in [0.3, 0.4) is 0 Å². The molecule has 0 aromatic carbocycles. The molecule has 0 spiro atoms. The van der Waals surface area contributed by atoms with Crippen LogP contribution in [0.2, 0.25) is 0 Å². The number of unbranched alkanes of at least 4 members (excludes halogenated alkanes) is 9. The van der Waals surface area contributed by atoms with E-state index in [1.54, 1.807) is 0 Å². The van der Waals surface area contributed by atoms with E-state index >= 15 is 0 Å². The van der Waals surface area contributed by atoms with Crippen LogP contribution in [0.5, 0.6) is 0 Å². The maximum absolute atomic E-state index is 3.86. The van der Waals surface area contributed by atoms with Gasteiger partial charge in [-0.25, -0.2) is 0 Å². The number of allylic oxidation sites excluding steroid dienone is 4. The Balaban J connectivity index is 3.15. The Hall–Kier alpha value is -0.520. The molecule has 0 aromatic heterocycles. The van der Waals surface area contributed by atoms with Gasteiger partial charge in [0.05, 0.1) is 0 Å². The number of hydrogen-bond acceptors (Lipinski definition) is 0. The van der Waals surface area contributed by atoms with Crippen LogP contribution in [0.1, 0.15) is 77.6 Å². The summed E-state index contributed by atoms with van der Waals surface area (Å²) in [5.74, 6) is 0. The summed E-state index contributed by atoms with van der Waals surface area (Å²) >= 11 is 0. The van der Waals surface area contributed by atoms with E-state index in [1.807, 2.05) is 0 Å². The summed E-state index contributed by atoms with van der Waals surface area (Å²) in [4.78, 5) is 0. The molecule has 0 nitrogen and oxygen atoms in total. The van der Waals surface area contributed by atoms with Gasteiger partial charge in [-0.3, -0.25) is 0 Å². The van der Waals surface area contributed by atoms with Gasteiger partial charge < -0.3 is 0 Å². The van der Waals surface area contributed by atoms with Crippen molar-refractivity contribution in [2.24, 2.45) is 0 Å². The van der Waals surface area contributed by atoms with Crippen LogP contribution in [0.25, 0.3) is 0 Å². The smallest absolute Gasteiger partial charge is 0.0348 e. The minimum Gasteiger partial charge on any atom is -0.0845 e. The summed E-state index contributed by atoms with van der Waals surface area (Å²) in [6, 6.07) is 0. The normalized spacial score (nSPS) is 11.9. The van der Waals surface area contributed by atoms with E-state index in [9.17, 15) is 0 Å². The first kappa shape index (κ1) is 16.5. The second kappa shape index (κ2) is 15.5. The molecule has 0 aliphatic carbocycles. The van der Waals surface area contributed by atoms with Gasteiger partial charge in [0.1, 0.15) is 0 Å². The van der Waals surface area contributed by atoms with Crippen LogP contribution in [0.15, 0.2) is 24.3 Å². The molecule has 99 valence electrons. The Morgan fingerprint density at radius 1 is 0.706 bits per heavy atom. The molecule has 0 rings (SSSR count). The zero-order valence-corrected chi connectivity index (χ0v) is 11.8. The van der Waals surface area contributed by atoms with E-state index in [4.69, 9.17) is 0 Å². The largest absolute Gasteiger partial charge is 0.0845 e. The first-order chi connectivity index (χ1) is 8.41. The van der Waals surface area contributed by atoms with Gasteiger partial charge in [-0.05, 0) is 25.7 Å². The monoisotopic (exact) mass is 235 g/mol. The molecule has 0 N–H and O–H groups in total. The Morgan fingerprint density at radius 2 is 1.24 bits per heavy atom. The molecule has 0 amide bonds. The second-order valence-corrected chi connectivity index (χ2v) is 4.76. The maximum Gasteiger partial charge on any atom is -0.0348 e. The minimum absolute atomic E-state index is 1.09. The van der Waals surface area contributed by atoms with E-state index in [0.717, 1.165) is 6.42 Å². The Bertz CT molecular complexity index is 176. The lowest BCUT2D eigenvalue weighted by Gasteiger charge is -1.95. The third-order valence-corrected chi connectivity index (χ3v) is 2.98. The lowest BCUT2D eigenvalue weighted by Crippen LogP contribution is -1.75. The molecule has 0 bridgehead atoms. The highest BCUT2D eigenvalue weighted by molar-refractivity contribution is 5.02. The molecule has 0 fully saturated rings. The third kappa shape index (κ3) is 15.5. The fourth-order valence-electron chi connectivity index (χ4n) is 1.83.